The van der Waals surface area contributed by atoms with Crippen molar-refractivity contribution in [1.29, 1.82) is 5.26 Å². The molecule has 0 fully saturated rings. The molecule has 0 aliphatic heterocycles. The summed E-state index contributed by atoms with van der Waals surface area (Å²) in [6.07, 6.45) is 0. The average molecular weight is 289 g/mol. The highest BCUT2D eigenvalue weighted by Gasteiger charge is 2.01. The second kappa shape index (κ2) is 6.19. The van der Waals surface area contributed by atoms with Crippen LogP contribution in [-0.2, 0) is 6.61 Å². The Morgan fingerprint density at radius 3 is 2.23 bits per heavy atom. The van der Waals surface area contributed by atoms with Crippen molar-refractivity contribution in [2.24, 2.45) is 0 Å². The maximum absolute atomic E-state index is 8.79. The van der Waals surface area contributed by atoms with E-state index in [2.05, 4.69) is 6.07 Å². The molecule has 0 amide bonds. The Hall–Kier alpha value is -2.99. The van der Waals surface area contributed by atoms with E-state index < -0.39 is 0 Å². The first-order valence-electron chi connectivity index (χ1n) is 6.98. The van der Waals surface area contributed by atoms with Crippen LogP contribution in [0.25, 0.3) is 10.8 Å². The lowest BCUT2D eigenvalue weighted by atomic mass is 10.1. The predicted octanol–water partition coefficient (Wildman–Crippen LogP) is 4.30. The number of fused-ring (bicyclic) bond motifs is 1. The summed E-state index contributed by atoms with van der Waals surface area (Å²) in [5, 5.41) is 11.0. The minimum absolute atomic E-state index is 0.473. The van der Waals surface area contributed by atoms with Gasteiger partial charge in [-0.3, -0.25) is 0 Å². The lowest BCUT2D eigenvalue weighted by Crippen LogP contribution is -1.95. The molecule has 0 radical (unpaired) electrons. The van der Waals surface area contributed by atoms with Gasteiger partial charge in [-0.15, -0.1) is 0 Å². The third-order valence-electron chi connectivity index (χ3n) is 3.51. The molecule has 0 saturated heterocycles. The molecule has 0 heterocycles. The quantitative estimate of drug-likeness (QED) is 0.719. The van der Waals surface area contributed by atoms with Gasteiger partial charge in [-0.2, -0.15) is 5.26 Å². The maximum Gasteiger partial charge on any atom is 0.120 e. The molecule has 108 valence electrons. The smallest absolute Gasteiger partial charge is 0.120 e. The molecule has 3 heteroatoms. The molecule has 0 spiro atoms. The standard InChI is InChI=1S/C19H15NO2/c1-21-18-8-6-16-7-9-19(11-17(16)10-18)22-13-15-4-2-14(12-20)3-5-15/h2-11H,13H2,1H3. The molecular formula is C19H15NO2. The molecular weight excluding hydrogens is 274 g/mol. The first-order chi connectivity index (χ1) is 10.8. The zero-order chi connectivity index (χ0) is 15.4. The van der Waals surface area contributed by atoms with E-state index in [9.17, 15) is 0 Å². The van der Waals surface area contributed by atoms with Crippen LogP contribution in [0.15, 0.2) is 60.7 Å². The Kier molecular flexibility index (Phi) is 3.93. The Morgan fingerprint density at radius 2 is 1.55 bits per heavy atom. The van der Waals surface area contributed by atoms with Crippen LogP contribution in [0.1, 0.15) is 11.1 Å². The van der Waals surface area contributed by atoms with Crippen molar-refractivity contribution in [3.63, 3.8) is 0 Å². The van der Waals surface area contributed by atoms with Crippen LogP contribution in [0.2, 0.25) is 0 Å². The summed E-state index contributed by atoms with van der Waals surface area (Å²) in [6, 6.07) is 21.5. The summed E-state index contributed by atoms with van der Waals surface area (Å²) < 4.78 is 11.1. The second-order valence-electron chi connectivity index (χ2n) is 4.97. The normalized spacial score (nSPS) is 10.2. The lowest BCUT2D eigenvalue weighted by molar-refractivity contribution is 0.306. The first-order valence-corrected chi connectivity index (χ1v) is 6.98. The largest absolute Gasteiger partial charge is 0.497 e. The van der Waals surface area contributed by atoms with Gasteiger partial charge in [-0.25, -0.2) is 0 Å². The maximum atomic E-state index is 8.79. The lowest BCUT2D eigenvalue weighted by Gasteiger charge is -2.08. The molecule has 0 saturated carbocycles. The summed E-state index contributed by atoms with van der Waals surface area (Å²) in [5.74, 6) is 1.64. The fourth-order valence-corrected chi connectivity index (χ4v) is 2.26. The van der Waals surface area contributed by atoms with Crippen LogP contribution in [0, 0.1) is 11.3 Å². The van der Waals surface area contributed by atoms with Gasteiger partial charge in [0.1, 0.15) is 18.1 Å². The van der Waals surface area contributed by atoms with Crippen molar-refractivity contribution >= 4 is 10.8 Å². The van der Waals surface area contributed by atoms with Crippen LogP contribution in [0.3, 0.4) is 0 Å². The van der Waals surface area contributed by atoms with Gasteiger partial charge in [-0.05, 0) is 52.7 Å². The number of rotatable bonds is 4. The molecule has 0 aliphatic carbocycles. The number of hydrogen-bond donors (Lipinski definition) is 0. The molecule has 22 heavy (non-hydrogen) atoms. The number of hydrogen-bond acceptors (Lipinski definition) is 3. The van der Waals surface area contributed by atoms with Gasteiger partial charge in [0.25, 0.3) is 0 Å². The summed E-state index contributed by atoms with van der Waals surface area (Å²) >= 11 is 0. The van der Waals surface area contributed by atoms with E-state index in [-0.39, 0.29) is 0 Å². The van der Waals surface area contributed by atoms with Gasteiger partial charge in [0.2, 0.25) is 0 Å². The van der Waals surface area contributed by atoms with Crippen LogP contribution < -0.4 is 9.47 Å². The average Bonchev–Trinajstić information content (AvgIpc) is 2.59. The van der Waals surface area contributed by atoms with Gasteiger partial charge in [0.05, 0.1) is 18.7 Å². The first kappa shape index (κ1) is 14.0. The SMILES string of the molecule is COc1ccc2ccc(OCc3ccc(C#N)cc3)cc2c1. The van der Waals surface area contributed by atoms with E-state index in [1.165, 1.54) is 0 Å². The highest BCUT2D eigenvalue weighted by atomic mass is 16.5. The third-order valence-corrected chi connectivity index (χ3v) is 3.51. The minimum atomic E-state index is 0.473. The van der Waals surface area contributed by atoms with E-state index in [1.807, 2.05) is 48.5 Å². The molecule has 0 N–H and O–H groups in total. The van der Waals surface area contributed by atoms with Crippen LogP contribution >= 0.6 is 0 Å². The van der Waals surface area contributed by atoms with Gasteiger partial charge < -0.3 is 9.47 Å². The van der Waals surface area contributed by atoms with Gasteiger partial charge >= 0.3 is 0 Å². The second-order valence-corrected chi connectivity index (χ2v) is 4.97. The van der Waals surface area contributed by atoms with Crippen LogP contribution in [0.4, 0.5) is 0 Å². The predicted molar refractivity (Wildman–Crippen MR) is 86.0 cm³/mol. The monoisotopic (exact) mass is 289 g/mol. The van der Waals surface area contributed by atoms with Crippen molar-refractivity contribution in [3.8, 4) is 17.6 Å². The molecule has 0 atom stereocenters. The van der Waals surface area contributed by atoms with E-state index >= 15 is 0 Å². The molecule has 3 aromatic rings. The number of nitrogens with zero attached hydrogens (tertiary/aromatic N) is 1. The van der Waals surface area contributed by atoms with Gasteiger partial charge in [0.15, 0.2) is 0 Å². The van der Waals surface area contributed by atoms with Crippen molar-refractivity contribution in [2.75, 3.05) is 7.11 Å². The number of ether oxygens (including phenoxy) is 2. The number of benzene rings is 3. The topological polar surface area (TPSA) is 42.2 Å². The molecule has 0 aliphatic rings. The fraction of sp³-hybridized carbons (Fsp3) is 0.105. The summed E-state index contributed by atoms with van der Waals surface area (Å²) in [6.45, 7) is 0.473. The zero-order valence-electron chi connectivity index (χ0n) is 12.2. The molecule has 0 unspecified atom stereocenters. The highest BCUT2D eigenvalue weighted by molar-refractivity contribution is 5.85. The Labute approximate surface area is 129 Å². The summed E-state index contributed by atoms with van der Waals surface area (Å²) in [7, 11) is 1.66. The Bertz CT molecular complexity index is 832. The third kappa shape index (κ3) is 3.02. The van der Waals surface area contributed by atoms with Crippen molar-refractivity contribution in [3.05, 3.63) is 71.8 Å². The molecule has 0 aromatic heterocycles. The Morgan fingerprint density at radius 1 is 0.864 bits per heavy atom. The summed E-state index contributed by atoms with van der Waals surface area (Å²) in [5.41, 5.74) is 1.69. The molecule has 3 rings (SSSR count). The molecule has 0 bridgehead atoms. The van der Waals surface area contributed by atoms with E-state index in [0.29, 0.717) is 12.2 Å². The van der Waals surface area contributed by atoms with Crippen LogP contribution in [0.5, 0.6) is 11.5 Å². The van der Waals surface area contributed by atoms with E-state index in [4.69, 9.17) is 14.7 Å². The number of nitriles is 1. The molecule has 3 nitrogen and oxygen atoms in total. The van der Waals surface area contributed by atoms with E-state index in [1.54, 1.807) is 19.2 Å². The van der Waals surface area contributed by atoms with Crippen molar-refractivity contribution in [2.45, 2.75) is 6.61 Å². The highest BCUT2D eigenvalue weighted by Crippen LogP contribution is 2.25. The Balaban J connectivity index is 1.76. The van der Waals surface area contributed by atoms with E-state index in [0.717, 1.165) is 27.8 Å². The molecule has 3 aromatic carbocycles. The van der Waals surface area contributed by atoms with Gasteiger partial charge in [0, 0.05) is 0 Å². The van der Waals surface area contributed by atoms with Crippen LogP contribution in [-0.4, -0.2) is 7.11 Å². The minimum Gasteiger partial charge on any atom is -0.497 e. The zero-order valence-corrected chi connectivity index (χ0v) is 12.2. The fourth-order valence-electron chi connectivity index (χ4n) is 2.26. The van der Waals surface area contributed by atoms with Crippen molar-refractivity contribution < 1.29 is 9.47 Å². The van der Waals surface area contributed by atoms with Crippen molar-refractivity contribution in [1.82, 2.24) is 0 Å². The van der Waals surface area contributed by atoms with Gasteiger partial charge in [-0.1, -0.05) is 24.3 Å². The number of methoxy groups -OCH3 is 1. The summed E-state index contributed by atoms with van der Waals surface area (Å²) in [4.78, 5) is 0.